The number of fused-ring (bicyclic) bond motifs is 1. The zero-order valence-electron chi connectivity index (χ0n) is 11.4. The number of furan rings is 1. The molecule has 0 fully saturated rings. The Morgan fingerprint density at radius 3 is 2.53 bits per heavy atom. The zero-order chi connectivity index (χ0) is 13.8. The van der Waals surface area contributed by atoms with Crippen molar-refractivity contribution in [2.75, 3.05) is 0 Å². The lowest BCUT2D eigenvalue weighted by Gasteiger charge is -2.11. The summed E-state index contributed by atoms with van der Waals surface area (Å²) in [6, 6.07) is 5.95. The van der Waals surface area contributed by atoms with Crippen LogP contribution >= 0.6 is 0 Å². The van der Waals surface area contributed by atoms with Crippen molar-refractivity contribution in [2.24, 2.45) is 5.92 Å². The molecule has 0 aliphatic carbocycles. The van der Waals surface area contributed by atoms with Gasteiger partial charge in [0.15, 0.2) is 5.76 Å². The van der Waals surface area contributed by atoms with Crippen molar-refractivity contribution < 1.29 is 13.6 Å². The van der Waals surface area contributed by atoms with Crippen LogP contribution in [0.25, 0.3) is 11.0 Å². The Morgan fingerprint density at radius 2 is 1.89 bits per heavy atom. The quantitative estimate of drug-likeness (QED) is 0.688. The van der Waals surface area contributed by atoms with Gasteiger partial charge in [-0.1, -0.05) is 26.7 Å². The third-order valence-electron chi connectivity index (χ3n) is 3.37. The van der Waals surface area contributed by atoms with Crippen LogP contribution in [0, 0.1) is 11.7 Å². The number of benzene rings is 1. The largest absolute Gasteiger partial charge is 0.453 e. The van der Waals surface area contributed by atoms with Gasteiger partial charge in [-0.05, 0) is 37.1 Å². The number of carbonyl (C=O) groups excluding carboxylic acids is 1. The highest BCUT2D eigenvalue weighted by Gasteiger charge is 2.22. The molecule has 0 bridgehead atoms. The third-order valence-corrected chi connectivity index (χ3v) is 3.37. The minimum Gasteiger partial charge on any atom is -0.453 e. The first-order valence-electron chi connectivity index (χ1n) is 6.89. The number of hydrogen-bond acceptors (Lipinski definition) is 2. The minimum atomic E-state index is -0.314. The Labute approximate surface area is 112 Å². The summed E-state index contributed by atoms with van der Waals surface area (Å²) in [6.07, 6.45) is 3.70. The number of hydrogen-bond donors (Lipinski definition) is 0. The third kappa shape index (κ3) is 3.03. The van der Waals surface area contributed by atoms with E-state index in [0.29, 0.717) is 16.7 Å². The van der Waals surface area contributed by atoms with E-state index in [1.807, 2.05) is 0 Å². The van der Waals surface area contributed by atoms with Crippen molar-refractivity contribution >= 4 is 16.8 Å². The second-order valence-electron chi connectivity index (χ2n) is 4.93. The van der Waals surface area contributed by atoms with Gasteiger partial charge >= 0.3 is 0 Å². The van der Waals surface area contributed by atoms with E-state index in [1.54, 1.807) is 12.1 Å². The molecule has 3 heteroatoms. The summed E-state index contributed by atoms with van der Waals surface area (Å²) in [5.41, 5.74) is 0.566. The topological polar surface area (TPSA) is 30.2 Å². The van der Waals surface area contributed by atoms with Crippen molar-refractivity contribution in [1.29, 1.82) is 0 Å². The van der Waals surface area contributed by atoms with Crippen LogP contribution in [0.2, 0.25) is 0 Å². The van der Waals surface area contributed by atoms with Crippen molar-refractivity contribution in [3.63, 3.8) is 0 Å². The number of Topliss-reactive ketones (excluding diaryl/α,β-unsaturated/α-hetero) is 1. The normalized spacial score (nSPS) is 11.4. The molecule has 1 aromatic carbocycles. The van der Waals surface area contributed by atoms with Crippen LogP contribution in [0.15, 0.2) is 28.7 Å². The number of halogens is 1. The van der Waals surface area contributed by atoms with E-state index in [4.69, 9.17) is 4.42 Å². The van der Waals surface area contributed by atoms with Gasteiger partial charge in [-0.15, -0.1) is 0 Å². The standard InChI is InChI=1S/C16H19FO2/c1-3-5-11(6-4-2)16(18)15-10-12-9-13(17)7-8-14(12)19-15/h7-11H,3-6H2,1-2H3. The molecule has 19 heavy (non-hydrogen) atoms. The average Bonchev–Trinajstić information content (AvgIpc) is 2.80. The highest BCUT2D eigenvalue weighted by atomic mass is 19.1. The van der Waals surface area contributed by atoms with Crippen LogP contribution in [0.1, 0.15) is 50.1 Å². The number of carbonyl (C=O) groups is 1. The first kappa shape index (κ1) is 13.8. The molecule has 0 saturated heterocycles. The maximum atomic E-state index is 13.1. The maximum absolute atomic E-state index is 13.1. The van der Waals surface area contributed by atoms with Gasteiger partial charge < -0.3 is 4.42 Å². The van der Waals surface area contributed by atoms with Crippen molar-refractivity contribution in [3.05, 3.63) is 35.8 Å². The fourth-order valence-electron chi connectivity index (χ4n) is 2.44. The van der Waals surface area contributed by atoms with Gasteiger partial charge in [-0.3, -0.25) is 4.79 Å². The summed E-state index contributed by atoms with van der Waals surface area (Å²) in [7, 11) is 0. The molecule has 0 aliphatic heterocycles. The van der Waals surface area contributed by atoms with Gasteiger partial charge in [-0.2, -0.15) is 0 Å². The van der Waals surface area contributed by atoms with Crippen LogP contribution in [-0.2, 0) is 0 Å². The Kier molecular flexibility index (Phi) is 4.35. The second kappa shape index (κ2) is 6.00. The molecule has 2 rings (SSSR count). The van der Waals surface area contributed by atoms with Crippen LogP contribution in [-0.4, -0.2) is 5.78 Å². The zero-order valence-corrected chi connectivity index (χ0v) is 11.4. The van der Waals surface area contributed by atoms with E-state index in [2.05, 4.69) is 13.8 Å². The van der Waals surface area contributed by atoms with Gasteiger partial charge in [0.05, 0.1) is 0 Å². The molecule has 0 atom stereocenters. The predicted octanol–water partition coefficient (Wildman–Crippen LogP) is 4.97. The first-order valence-corrected chi connectivity index (χ1v) is 6.89. The molecular formula is C16H19FO2. The van der Waals surface area contributed by atoms with Crippen LogP contribution in [0.4, 0.5) is 4.39 Å². The molecule has 0 saturated carbocycles. The molecule has 0 radical (unpaired) electrons. The fraction of sp³-hybridized carbons (Fsp3) is 0.438. The molecule has 0 spiro atoms. The van der Waals surface area contributed by atoms with Crippen molar-refractivity contribution in [1.82, 2.24) is 0 Å². The highest BCUT2D eigenvalue weighted by Crippen LogP contribution is 2.25. The molecule has 0 unspecified atom stereocenters. The Bertz CT molecular complexity index is 565. The summed E-state index contributed by atoms with van der Waals surface area (Å²) in [5.74, 6) is 0.0965. The van der Waals surface area contributed by atoms with E-state index in [-0.39, 0.29) is 17.5 Å². The number of rotatable bonds is 6. The van der Waals surface area contributed by atoms with Crippen LogP contribution in [0.5, 0.6) is 0 Å². The van der Waals surface area contributed by atoms with E-state index >= 15 is 0 Å². The summed E-state index contributed by atoms with van der Waals surface area (Å²) in [6.45, 7) is 4.15. The summed E-state index contributed by atoms with van der Waals surface area (Å²) >= 11 is 0. The van der Waals surface area contributed by atoms with E-state index < -0.39 is 0 Å². The predicted molar refractivity (Wildman–Crippen MR) is 73.8 cm³/mol. The summed E-state index contributed by atoms with van der Waals surface area (Å²) < 4.78 is 18.7. The lowest BCUT2D eigenvalue weighted by molar-refractivity contribution is 0.0878. The lowest BCUT2D eigenvalue weighted by atomic mass is 9.92. The Balaban J connectivity index is 2.29. The molecule has 2 aromatic rings. The average molecular weight is 262 g/mol. The van der Waals surface area contributed by atoms with Crippen molar-refractivity contribution in [2.45, 2.75) is 39.5 Å². The van der Waals surface area contributed by atoms with Gasteiger partial charge in [0.1, 0.15) is 11.4 Å². The first-order chi connectivity index (χ1) is 9.15. The Hall–Kier alpha value is -1.64. The fourth-order valence-corrected chi connectivity index (χ4v) is 2.44. The molecule has 0 aliphatic rings. The summed E-state index contributed by atoms with van der Waals surface area (Å²) in [5, 5.41) is 0.648. The van der Waals surface area contributed by atoms with Gasteiger partial charge in [0, 0.05) is 11.3 Å². The lowest BCUT2D eigenvalue weighted by Crippen LogP contribution is -2.13. The monoisotopic (exact) mass is 262 g/mol. The van der Waals surface area contributed by atoms with Gasteiger partial charge in [0.25, 0.3) is 0 Å². The molecule has 2 nitrogen and oxygen atoms in total. The highest BCUT2D eigenvalue weighted by molar-refractivity contribution is 5.99. The molecular weight excluding hydrogens is 243 g/mol. The molecule has 1 heterocycles. The number of ketones is 1. The maximum Gasteiger partial charge on any atom is 0.201 e. The van der Waals surface area contributed by atoms with E-state index in [9.17, 15) is 9.18 Å². The molecule has 0 N–H and O–H groups in total. The summed E-state index contributed by atoms with van der Waals surface area (Å²) in [4.78, 5) is 12.4. The van der Waals surface area contributed by atoms with Gasteiger partial charge in [-0.25, -0.2) is 4.39 Å². The molecule has 102 valence electrons. The second-order valence-corrected chi connectivity index (χ2v) is 4.93. The molecule has 0 amide bonds. The van der Waals surface area contributed by atoms with E-state index in [1.165, 1.54) is 12.1 Å². The minimum absolute atomic E-state index is 0.0143. The van der Waals surface area contributed by atoms with Crippen molar-refractivity contribution in [3.8, 4) is 0 Å². The smallest absolute Gasteiger partial charge is 0.201 e. The molecule has 1 aromatic heterocycles. The van der Waals surface area contributed by atoms with Crippen LogP contribution < -0.4 is 0 Å². The van der Waals surface area contributed by atoms with E-state index in [0.717, 1.165) is 25.7 Å². The van der Waals surface area contributed by atoms with Gasteiger partial charge in [0.2, 0.25) is 5.78 Å². The van der Waals surface area contributed by atoms with Crippen LogP contribution in [0.3, 0.4) is 0 Å². The Morgan fingerprint density at radius 1 is 1.21 bits per heavy atom. The SMILES string of the molecule is CCCC(CCC)C(=O)c1cc2cc(F)ccc2o1.